The van der Waals surface area contributed by atoms with E-state index in [9.17, 15) is 24.5 Å². The van der Waals surface area contributed by atoms with Crippen molar-refractivity contribution in [2.24, 2.45) is 0 Å². The molecule has 0 aromatic heterocycles. The number of aliphatic carboxylic acids is 1. The molecule has 5 nitrogen and oxygen atoms in total. The number of carbonyl (C=O) groups is 1. The second-order valence-corrected chi connectivity index (χ2v) is 8.00. The number of fused-ring (bicyclic) bond motifs is 1. The Morgan fingerprint density at radius 2 is 1.81 bits per heavy atom. The summed E-state index contributed by atoms with van der Waals surface area (Å²) in [6.07, 6.45) is 0.713. The summed E-state index contributed by atoms with van der Waals surface area (Å²) in [5, 5.41) is 30.7. The van der Waals surface area contributed by atoms with Gasteiger partial charge in [-0.05, 0) is 43.2 Å². The van der Waals surface area contributed by atoms with Crippen molar-refractivity contribution >= 4 is 11.7 Å². The van der Waals surface area contributed by atoms with Gasteiger partial charge in [0.15, 0.2) is 0 Å². The van der Waals surface area contributed by atoms with Crippen molar-refractivity contribution in [2.45, 2.75) is 56.9 Å². The third-order valence-electron chi connectivity index (χ3n) is 5.44. The monoisotopic (exact) mass is 435 g/mol. The molecule has 0 saturated heterocycles. The van der Waals surface area contributed by atoms with Crippen LogP contribution < -0.4 is 39.6 Å². The van der Waals surface area contributed by atoms with Crippen LogP contribution in [-0.4, -0.2) is 40.5 Å². The number of rotatable bonds is 8. The van der Waals surface area contributed by atoms with Crippen LogP contribution in [0.4, 0.5) is 10.1 Å². The van der Waals surface area contributed by atoms with E-state index in [1.807, 2.05) is 18.2 Å². The molecule has 4 unspecified atom stereocenters. The standard InChI is InChI=1S/C24H28FNO4.Na/c1-15(2)26-21-6-4-3-5-20(21)24(16-7-9-17(25)10-8-16)22(26)12-11-18(27)13-19(28)14-23(29)30;/h3-12,15,18-19,22,24,27-28H,13-14H2,1-2H3,(H,29,30);/q;+1/p-1/b12-11+;. The number of halogens is 1. The molecule has 0 spiro atoms. The van der Waals surface area contributed by atoms with Gasteiger partial charge < -0.3 is 25.0 Å². The number of carboxylic acids is 1. The van der Waals surface area contributed by atoms with E-state index in [2.05, 4.69) is 30.9 Å². The largest absolute Gasteiger partial charge is 1.00 e. The first-order valence-corrected chi connectivity index (χ1v) is 10.1. The molecule has 3 rings (SSSR count). The number of nitrogens with zero attached hydrogens (tertiary/aromatic N) is 1. The SMILES string of the molecule is CC(C)N1c2ccccc2C(c2ccc(F)cc2)C1/C=C/C(O)CC(O)CC(=O)[O-].[Na+]. The summed E-state index contributed by atoms with van der Waals surface area (Å²) in [4.78, 5) is 12.9. The minimum atomic E-state index is -1.35. The van der Waals surface area contributed by atoms with Crippen LogP contribution in [0.25, 0.3) is 0 Å². The third kappa shape index (κ3) is 6.18. The molecule has 31 heavy (non-hydrogen) atoms. The zero-order chi connectivity index (χ0) is 21.8. The summed E-state index contributed by atoms with van der Waals surface area (Å²) in [5.74, 6) is -1.71. The molecule has 1 heterocycles. The van der Waals surface area contributed by atoms with Crippen LogP contribution in [0.5, 0.6) is 0 Å². The van der Waals surface area contributed by atoms with Crippen LogP contribution in [0.15, 0.2) is 60.7 Å². The number of aliphatic hydroxyl groups is 2. The molecule has 0 aliphatic carbocycles. The molecule has 2 aromatic carbocycles. The quantitative estimate of drug-likeness (QED) is 0.426. The smallest absolute Gasteiger partial charge is 0.550 e. The maximum Gasteiger partial charge on any atom is 1.00 e. The van der Waals surface area contributed by atoms with Crippen molar-refractivity contribution in [1.82, 2.24) is 0 Å². The molecule has 4 atom stereocenters. The number of benzene rings is 2. The van der Waals surface area contributed by atoms with Crippen molar-refractivity contribution in [1.29, 1.82) is 0 Å². The maximum atomic E-state index is 13.5. The van der Waals surface area contributed by atoms with Gasteiger partial charge in [0.1, 0.15) is 5.82 Å². The number of anilines is 1. The Kier molecular flexibility index (Phi) is 9.28. The van der Waals surface area contributed by atoms with E-state index in [0.29, 0.717) is 0 Å². The molecule has 160 valence electrons. The van der Waals surface area contributed by atoms with Crippen molar-refractivity contribution in [2.75, 3.05) is 4.90 Å². The van der Waals surface area contributed by atoms with Gasteiger partial charge in [0.25, 0.3) is 0 Å². The molecular weight excluding hydrogens is 408 g/mol. The summed E-state index contributed by atoms with van der Waals surface area (Å²) < 4.78 is 13.5. The number of carbonyl (C=O) groups excluding carboxylic acids is 1. The average Bonchev–Trinajstić information content (AvgIpc) is 3.00. The van der Waals surface area contributed by atoms with Crippen LogP contribution in [0, 0.1) is 5.82 Å². The van der Waals surface area contributed by atoms with Crippen molar-refractivity contribution in [3.8, 4) is 0 Å². The van der Waals surface area contributed by atoms with Gasteiger partial charge in [-0.1, -0.05) is 42.5 Å². The van der Waals surface area contributed by atoms with E-state index in [1.165, 1.54) is 12.1 Å². The van der Waals surface area contributed by atoms with E-state index in [1.54, 1.807) is 18.2 Å². The minimum Gasteiger partial charge on any atom is -0.550 e. The predicted octanol–water partition coefficient (Wildman–Crippen LogP) is -0.633. The molecular formula is C24H27FNNaO4. The first-order valence-electron chi connectivity index (χ1n) is 10.1. The fourth-order valence-electron chi connectivity index (χ4n) is 4.24. The molecule has 2 aromatic rings. The Hall–Kier alpha value is -1.70. The Balaban J connectivity index is 0.00000341. The van der Waals surface area contributed by atoms with E-state index >= 15 is 0 Å². The van der Waals surface area contributed by atoms with Gasteiger partial charge in [0.05, 0.1) is 18.2 Å². The first kappa shape index (κ1) is 25.6. The maximum absolute atomic E-state index is 13.5. The molecule has 0 radical (unpaired) electrons. The Morgan fingerprint density at radius 3 is 2.42 bits per heavy atom. The predicted molar refractivity (Wildman–Crippen MR) is 111 cm³/mol. The zero-order valence-electron chi connectivity index (χ0n) is 18.1. The second-order valence-electron chi connectivity index (χ2n) is 8.00. The number of hydrogen-bond acceptors (Lipinski definition) is 5. The van der Waals surface area contributed by atoms with Crippen LogP contribution in [-0.2, 0) is 4.79 Å². The summed E-state index contributed by atoms with van der Waals surface area (Å²) in [6.45, 7) is 4.18. The van der Waals surface area contributed by atoms with Gasteiger partial charge in [-0.3, -0.25) is 0 Å². The number of hydrogen-bond donors (Lipinski definition) is 2. The van der Waals surface area contributed by atoms with E-state index in [4.69, 9.17) is 0 Å². The topological polar surface area (TPSA) is 83.8 Å². The molecule has 1 aliphatic rings. The molecule has 2 N–H and O–H groups in total. The normalized spacial score (nSPS) is 19.9. The second kappa shape index (κ2) is 11.2. The molecule has 7 heteroatoms. The van der Waals surface area contributed by atoms with Crippen molar-refractivity contribution in [3.05, 3.63) is 77.6 Å². The summed E-state index contributed by atoms with van der Waals surface area (Å²) in [6, 6.07) is 14.6. The van der Waals surface area contributed by atoms with Crippen molar-refractivity contribution < 1.29 is 54.1 Å². The fourth-order valence-corrected chi connectivity index (χ4v) is 4.24. The van der Waals surface area contributed by atoms with Gasteiger partial charge in [0.2, 0.25) is 0 Å². The van der Waals surface area contributed by atoms with Gasteiger partial charge in [0, 0.05) is 36.5 Å². The van der Waals surface area contributed by atoms with Gasteiger partial charge in [-0.25, -0.2) is 4.39 Å². The van der Waals surface area contributed by atoms with E-state index in [0.717, 1.165) is 16.8 Å². The van der Waals surface area contributed by atoms with Crippen LogP contribution in [0.2, 0.25) is 0 Å². The van der Waals surface area contributed by atoms with Crippen LogP contribution in [0.1, 0.15) is 43.7 Å². The summed E-state index contributed by atoms with van der Waals surface area (Å²) in [5.41, 5.74) is 3.18. The van der Waals surface area contributed by atoms with E-state index in [-0.39, 0.29) is 59.8 Å². The Morgan fingerprint density at radius 1 is 1.16 bits per heavy atom. The molecule has 0 saturated carbocycles. The molecule has 0 fully saturated rings. The minimum absolute atomic E-state index is 0. The van der Waals surface area contributed by atoms with Gasteiger partial charge in [-0.15, -0.1) is 0 Å². The zero-order valence-corrected chi connectivity index (χ0v) is 20.1. The molecule has 1 aliphatic heterocycles. The van der Waals surface area contributed by atoms with Crippen LogP contribution >= 0.6 is 0 Å². The molecule has 0 amide bonds. The fraction of sp³-hybridized carbons (Fsp3) is 0.375. The Bertz CT molecular complexity index is 903. The van der Waals surface area contributed by atoms with Crippen LogP contribution in [0.3, 0.4) is 0 Å². The van der Waals surface area contributed by atoms with Gasteiger partial charge >= 0.3 is 29.6 Å². The van der Waals surface area contributed by atoms with Gasteiger partial charge in [-0.2, -0.15) is 0 Å². The van der Waals surface area contributed by atoms with E-state index < -0.39 is 24.6 Å². The number of carboxylic acid groups (broad SMARTS) is 1. The first-order chi connectivity index (χ1) is 14.3. The van der Waals surface area contributed by atoms with Crippen molar-refractivity contribution in [3.63, 3.8) is 0 Å². The average molecular weight is 435 g/mol. The summed E-state index contributed by atoms with van der Waals surface area (Å²) in [7, 11) is 0. The number of para-hydroxylation sites is 1. The third-order valence-corrected chi connectivity index (χ3v) is 5.44. The molecule has 0 bridgehead atoms. The summed E-state index contributed by atoms with van der Waals surface area (Å²) >= 11 is 0. The number of aliphatic hydroxyl groups excluding tert-OH is 2. The Labute approximate surface area is 204 Å².